The van der Waals surface area contributed by atoms with Crippen molar-refractivity contribution in [2.45, 2.75) is 31.9 Å². The van der Waals surface area contributed by atoms with Crippen molar-refractivity contribution in [1.29, 1.82) is 0 Å². The van der Waals surface area contributed by atoms with Crippen LogP contribution in [-0.2, 0) is 11.3 Å². The third kappa shape index (κ3) is 2.69. The van der Waals surface area contributed by atoms with Gasteiger partial charge in [-0.15, -0.1) is 5.10 Å². The summed E-state index contributed by atoms with van der Waals surface area (Å²) in [5.41, 5.74) is 7.48. The van der Waals surface area contributed by atoms with Crippen molar-refractivity contribution in [3.63, 3.8) is 0 Å². The number of aromatic nitrogens is 4. The second-order valence-corrected chi connectivity index (χ2v) is 5.67. The van der Waals surface area contributed by atoms with Crippen molar-refractivity contribution in [2.24, 2.45) is 0 Å². The zero-order valence-corrected chi connectivity index (χ0v) is 12.6. The van der Waals surface area contributed by atoms with Gasteiger partial charge in [-0.3, -0.25) is 0 Å². The molecule has 1 atom stereocenters. The van der Waals surface area contributed by atoms with E-state index in [1.54, 1.807) is 4.68 Å². The molecule has 1 aliphatic heterocycles. The van der Waals surface area contributed by atoms with Crippen molar-refractivity contribution in [3.05, 3.63) is 22.7 Å². The molecule has 1 fully saturated rings. The number of nitrogen functional groups attached to an aromatic ring is 1. The molecule has 106 valence electrons. The van der Waals surface area contributed by atoms with Gasteiger partial charge in [-0.2, -0.15) is 0 Å². The molecule has 2 heterocycles. The first-order valence-corrected chi connectivity index (χ1v) is 7.47. The Labute approximate surface area is 125 Å². The molecule has 0 spiro atoms. The van der Waals surface area contributed by atoms with Crippen molar-refractivity contribution in [3.8, 4) is 11.4 Å². The molecule has 1 saturated heterocycles. The topological polar surface area (TPSA) is 78.9 Å². The molecule has 0 aliphatic carbocycles. The molecule has 20 heavy (non-hydrogen) atoms. The number of ether oxygens (including phenoxy) is 1. The van der Waals surface area contributed by atoms with Crippen LogP contribution in [0.5, 0.6) is 0 Å². The quantitative estimate of drug-likeness (QED) is 0.869. The van der Waals surface area contributed by atoms with Crippen LogP contribution in [0.3, 0.4) is 0 Å². The van der Waals surface area contributed by atoms with Crippen LogP contribution in [-0.4, -0.2) is 32.9 Å². The van der Waals surface area contributed by atoms with Gasteiger partial charge >= 0.3 is 0 Å². The highest BCUT2D eigenvalue weighted by Crippen LogP contribution is 2.31. The fraction of sp³-hybridized carbons (Fsp3) is 0.462. The largest absolute Gasteiger partial charge is 0.398 e. The second kappa shape index (κ2) is 5.88. The average molecular weight is 338 g/mol. The molecule has 7 heteroatoms. The third-order valence-corrected chi connectivity index (χ3v) is 4.34. The maximum absolute atomic E-state index is 5.91. The molecule has 2 aromatic rings. The predicted molar refractivity (Wildman–Crippen MR) is 79.0 cm³/mol. The highest BCUT2D eigenvalue weighted by Gasteiger charge is 2.19. The number of tetrazole rings is 1. The Morgan fingerprint density at radius 1 is 1.40 bits per heavy atom. The van der Waals surface area contributed by atoms with Crippen molar-refractivity contribution in [1.82, 2.24) is 20.2 Å². The Morgan fingerprint density at radius 2 is 2.30 bits per heavy atom. The van der Waals surface area contributed by atoms with E-state index in [-0.39, 0.29) is 6.10 Å². The summed E-state index contributed by atoms with van der Waals surface area (Å²) in [5, 5.41) is 12.0. The minimum absolute atomic E-state index is 0.186. The molecule has 0 saturated carbocycles. The van der Waals surface area contributed by atoms with Gasteiger partial charge in [0.1, 0.15) is 0 Å². The smallest absolute Gasteiger partial charge is 0.183 e. The van der Waals surface area contributed by atoms with E-state index in [1.807, 2.05) is 18.2 Å². The number of hydrogen-bond acceptors (Lipinski definition) is 5. The maximum Gasteiger partial charge on any atom is 0.183 e. The normalized spacial score (nSPS) is 19.1. The first-order chi connectivity index (χ1) is 9.75. The standard InChI is InChI=1S/C13H16BrN5O/c14-12-10(5-3-6-11(12)15)13-16-17-18-19(13)8-9-4-1-2-7-20-9/h3,5-6,9H,1-2,4,7-8,15H2. The van der Waals surface area contributed by atoms with Gasteiger partial charge in [0, 0.05) is 17.9 Å². The van der Waals surface area contributed by atoms with Gasteiger partial charge in [-0.1, -0.05) is 6.07 Å². The van der Waals surface area contributed by atoms with Crippen LogP contribution in [0.25, 0.3) is 11.4 Å². The Hall–Kier alpha value is -1.47. The van der Waals surface area contributed by atoms with E-state index >= 15 is 0 Å². The molecule has 6 nitrogen and oxygen atoms in total. The highest BCUT2D eigenvalue weighted by molar-refractivity contribution is 9.10. The van der Waals surface area contributed by atoms with Crippen molar-refractivity contribution in [2.75, 3.05) is 12.3 Å². The Morgan fingerprint density at radius 3 is 3.10 bits per heavy atom. The Balaban J connectivity index is 1.87. The van der Waals surface area contributed by atoms with Gasteiger partial charge in [-0.05, 0) is 57.8 Å². The highest BCUT2D eigenvalue weighted by atomic mass is 79.9. The summed E-state index contributed by atoms with van der Waals surface area (Å²) in [7, 11) is 0. The summed E-state index contributed by atoms with van der Waals surface area (Å²) in [5.74, 6) is 0.707. The van der Waals surface area contributed by atoms with Crippen molar-refractivity contribution >= 4 is 21.6 Å². The molecule has 1 aromatic heterocycles. The van der Waals surface area contributed by atoms with E-state index in [0.29, 0.717) is 18.1 Å². The van der Waals surface area contributed by atoms with Gasteiger partial charge in [0.05, 0.1) is 17.1 Å². The van der Waals surface area contributed by atoms with Crippen molar-refractivity contribution < 1.29 is 4.74 Å². The van der Waals surface area contributed by atoms with Crippen LogP contribution < -0.4 is 5.73 Å². The summed E-state index contributed by atoms with van der Waals surface area (Å²) in [6.07, 6.45) is 3.58. The first-order valence-electron chi connectivity index (χ1n) is 6.68. The molecule has 1 unspecified atom stereocenters. The number of halogens is 1. The summed E-state index contributed by atoms with van der Waals surface area (Å²) >= 11 is 3.50. The van der Waals surface area contributed by atoms with Gasteiger partial charge < -0.3 is 10.5 Å². The van der Waals surface area contributed by atoms with Crippen LogP contribution in [0.15, 0.2) is 22.7 Å². The first kappa shape index (κ1) is 13.5. The van der Waals surface area contributed by atoms with Gasteiger partial charge in [-0.25, -0.2) is 4.68 Å². The predicted octanol–water partition coefficient (Wildman–Crippen LogP) is 2.25. The van der Waals surface area contributed by atoms with E-state index in [2.05, 4.69) is 31.5 Å². The summed E-state index contributed by atoms with van der Waals surface area (Å²) in [4.78, 5) is 0. The molecule has 1 aromatic carbocycles. The fourth-order valence-electron chi connectivity index (χ4n) is 2.39. The molecular weight excluding hydrogens is 322 g/mol. The lowest BCUT2D eigenvalue weighted by atomic mass is 10.1. The number of anilines is 1. The van der Waals surface area contributed by atoms with E-state index in [9.17, 15) is 0 Å². The number of hydrogen-bond donors (Lipinski definition) is 1. The summed E-state index contributed by atoms with van der Waals surface area (Å²) < 4.78 is 8.35. The molecule has 0 bridgehead atoms. The van der Waals surface area contributed by atoms with E-state index in [1.165, 1.54) is 6.42 Å². The number of nitrogens with two attached hydrogens (primary N) is 1. The molecule has 3 rings (SSSR count). The second-order valence-electron chi connectivity index (χ2n) is 4.88. The minimum atomic E-state index is 0.186. The fourth-order valence-corrected chi connectivity index (χ4v) is 2.83. The zero-order chi connectivity index (χ0) is 13.9. The minimum Gasteiger partial charge on any atom is -0.398 e. The lowest BCUT2D eigenvalue weighted by Gasteiger charge is -2.22. The average Bonchev–Trinajstić information content (AvgIpc) is 2.91. The van der Waals surface area contributed by atoms with Gasteiger partial charge in [0.25, 0.3) is 0 Å². The maximum atomic E-state index is 5.91. The number of rotatable bonds is 3. The number of benzene rings is 1. The van der Waals surface area contributed by atoms with Gasteiger partial charge in [0.15, 0.2) is 5.82 Å². The Kier molecular flexibility index (Phi) is 3.98. The van der Waals surface area contributed by atoms with Crippen LogP contribution in [0.2, 0.25) is 0 Å². The zero-order valence-electron chi connectivity index (χ0n) is 11.0. The van der Waals surface area contributed by atoms with E-state index in [4.69, 9.17) is 10.5 Å². The monoisotopic (exact) mass is 337 g/mol. The molecule has 2 N–H and O–H groups in total. The number of nitrogens with zero attached hydrogens (tertiary/aromatic N) is 4. The van der Waals surface area contributed by atoms with Crippen LogP contribution >= 0.6 is 15.9 Å². The molecule has 0 amide bonds. The van der Waals surface area contributed by atoms with Crippen LogP contribution in [0.1, 0.15) is 19.3 Å². The molecule has 1 aliphatic rings. The lowest BCUT2D eigenvalue weighted by Crippen LogP contribution is -2.25. The SMILES string of the molecule is Nc1cccc(-c2nnnn2CC2CCCCO2)c1Br. The van der Waals surface area contributed by atoms with E-state index < -0.39 is 0 Å². The summed E-state index contributed by atoms with van der Waals surface area (Å²) in [6.45, 7) is 1.49. The molecular formula is C13H16BrN5O. The summed E-state index contributed by atoms with van der Waals surface area (Å²) in [6, 6.07) is 5.68. The van der Waals surface area contributed by atoms with Gasteiger partial charge in [0.2, 0.25) is 0 Å². The van der Waals surface area contributed by atoms with Crippen LogP contribution in [0, 0.1) is 0 Å². The lowest BCUT2D eigenvalue weighted by molar-refractivity contribution is 0.00397. The Bertz CT molecular complexity index is 594. The molecule has 0 radical (unpaired) electrons. The van der Waals surface area contributed by atoms with Crippen LogP contribution in [0.4, 0.5) is 5.69 Å². The van der Waals surface area contributed by atoms with E-state index in [0.717, 1.165) is 29.5 Å². The third-order valence-electron chi connectivity index (χ3n) is 3.45.